The van der Waals surface area contributed by atoms with Crippen LogP contribution >= 0.6 is 11.3 Å². The number of hydrogen-bond donors (Lipinski definition) is 4. The summed E-state index contributed by atoms with van der Waals surface area (Å²) in [5.74, 6) is -0.956. The lowest BCUT2D eigenvalue weighted by atomic mass is 10.1. The number of nitrogens with one attached hydrogen (secondary N) is 3. The molecule has 0 saturated heterocycles. The molecule has 8 nitrogen and oxygen atoms in total. The van der Waals surface area contributed by atoms with Crippen LogP contribution in [0.25, 0.3) is 0 Å². The Morgan fingerprint density at radius 2 is 1.92 bits per heavy atom. The van der Waals surface area contributed by atoms with Gasteiger partial charge in [0.2, 0.25) is 5.91 Å². The lowest BCUT2D eigenvalue weighted by molar-refractivity contribution is -0.117. The molecule has 1 heterocycles. The molecule has 0 bridgehead atoms. The number of carbonyl (C=O) groups excluding carboxylic acids is 2. The van der Waals surface area contributed by atoms with Gasteiger partial charge in [0.25, 0.3) is 15.9 Å². The summed E-state index contributed by atoms with van der Waals surface area (Å²) in [6, 6.07) is 8.49. The molecule has 5 N–H and O–H groups in total. The SMILES string of the molecule is CC(NS(=O)(=O)c1cccs1)C(=O)Nc1ccccc1C(=O)NCCN. The minimum atomic E-state index is -3.78. The number of para-hydroxylation sites is 1. The molecule has 0 aliphatic carbocycles. The molecule has 0 fully saturated rings. The van der Waals surface area contributed by atoms with Gasteiger partial charge in [-0.1, -0.05) is 18.2 Å². The molecule has 2 aromatic rings. The Labute approximate surface area is 155 Å². The molecule has 26 heavy (non-hydrogen) atoms. The fraction of sp³-hybridized carbons (Fsp3) is 0.250. The maximum absolute atomic E-state index is 12.4. The standard InChI is InChI=1S/C16H20N4O4S2/c1-11(20-26(23,24)14-7-4-10-25-14)15(21)19-13-6-3-2-5-12(13)16(22)18-9-8-17/h2-7,10-11,20H,8-9,17H2,1H3,(H,18,22)(H,19,21). The van der Waals surface area contributed by atoms with Crippen LogP contribution in [-0.2, 0) is 14.8 Å². The number of amides is 2. The van der Waals surface area contributed by atoms with Gasteiger partial charge in [-0.2, -0.15) is 4.72 Å². The van der Waals surface area contributed by atoms with E-state index in [1.54, 1.807) is 35.7 Å². The van der Waals surface area contributed by atoms with Crippen LogP contribution < -0.4 is 21.1 Å². The second-order valence-corrected chi connectivity index (χ2v) is 8.24. The van der Waals surface area contributed by atoms with Crippen LogP contribution in [0.1, 0.15) is 17.3 Å². The molecule has 2 amide bonds. The Bertz CT molecular complexity index is 866. The second-order valence-electron chi connectivity index (χ2n) is 5.35. The first kappa shape index (κ1) is 20.0. The maximum atomic E-state index is 12.4. The van der Waals surface area contributed by atoms with E-state index in [0.717, 1.165) is 11.3 Å². The van der Waals surface area contributed by atoms with E-state index in [1.165, 1.54) is 13.0 Å². The van der Waals surface area contributed by atoms with Crippen molar-refractivity contribution in [3.8, 4) is 0 Å². The first-order valence-corrected chi connectivity index (χ1v) is 10.2. The largest absolute Gasteiger partial charge is 0.351 e. The van der Waals surface area contributed by atoms with Gasteiger partial charge in [0, 0.05) is 13.1 Å². The average molecular weight is 396 g/mol. The molecule has 10 heteroatoms. The van der Waals surface area contributed by atoms with Crippen molar-refractivity contribution in [1.29, 1.82) is 0 Å². The highest BCUT2D eigenvalue weighted by Gasteiger charge is 2.23. The molecule has 1 aromatic carbocycles. The van der Waals surface area contributed by atoms with Gasteiger partial charge >= 0.3 is 0 Å². The van der Waals surface area contributed by atoms with E-state index in [2.05, 4.69) is 15.4 Å². The number of sulfonamides is 1. The van der Waals surface area contributed by atoms with Gasteiger partial charge in [-0.05, 0) is 30.5 Å². The third-order valence-corrected chi connectivity index (χ3v) is 6.28. The van der Waals surface area contributed by atoms with E-state index in [0.29, 0.717) is 13.1 Å². The minimum absolute atomic E-state index is 0.124. The van der Waals surface area contributed by atoms with Crippen molar-refractivity contribution in [1.82, 2.24) is 10.0 Å². The normalized spacial score (nSPS) is 12.4. The summed E-state index contributed by atoms with van der Waals surface area (Å²) < 4.78 is 26.8. The van der Waals surface area contributed by atoms with Gasteiger partial charge in [-0.15, -0.1) is 11.3 Å². The van der Waals surface area contributed by atoms with Gasteiger partial charge in [0.05, 0.1) is 17.3 Å². The summed E-state index contributed by atoms with van der Waals surface area (Å²) in [7, 11) is -3.78. The third kappa shape index (κ3) is 5.11. The number of anilines is 1. The highest BCUT2D eigenvalue weighted by molar-refractivity contribution is 7.91. The molecule has 140 valence electrons. The zero-order chi connectivity index (χ0) is 19.2. The van der Waals surface area contributed by atoms with E-state index in [-0.39, 0.29) is 21.4 Å². The van der Waals surface area contributed by atoms with Crippen molar-refractivity contribution in [2.24, 2.45) is 5.73 Å². The Kier molecular flexibility index (Phi) is 6.86. The van der Waals surface area contributed by atoms with Crippen molar-refractivity contribution < 1.29 is 18.0 Å². The van der Waals surface area contributed by atoms with Crippen molar-refractivity contribution >= 4 is 38.9 Å². The molecule has 1 atom stereocenters. The summed E-state index contributed by atoms with van der Waals surface area (Å²) in [6.45, 7) is 2.03. The van der Waals surface area contributed by atoms with Crippen molar-refractivity contribution in [3.63, 3.8) is 0 Å². The zero-order valence-electron chi connectivity index (χ0n) is 14.1. The lowest BCUT2D eigenvalue weighted by Gasteiger charge is -2.15. The molecule has 1 aromatic heterocycles. The first-order chi connectivity index (χ1) is 12.3. The van der Waals surface area contributed by atoms with Gasteiger partial charge in [0.1, 0.15) is 4.21 Å². The summed E-state index contributed by atoms with van der Waals surface area (Å²) in [5.41, 5.74) is 5.92. The topological polar surface area (TPSA) is 130 Å². The van der Waals surface area contributed by atoms with Crippen LogP contribution in [0.2, 0.25) is 0 Å². The Balaban J connectivity index is 2.09. The van der Waals surface area contributed by atoms with Crippen LogP contribution in [0.5, 0.6) is 0 Å². The Morgan fingerprint density at radius 3 is 2.58 bits per heavy atom. The number of rotatable bonds is 8. The molecule has 0 aliphatic rings. The second kappa shape index (κ2) is 8.90. The summed E-state index contributed by atoms with van der Waals surface area (Å²) in [4.78, 5) is 24.5. The Morgan fingerprint density at radius 1 is 1.19 bits per heavy atom. The van der Waals surface area contributed by atoms with E-state index in [9.17, 15) is 18.0 Å². The smallest absolute Gasteiger partial charge is 0.253 e. The molecule has 0 saturated carbocycles. The zero-order valence-corrected chi connectivity index (χ0v) is 15.7. The van der Waals surface area contributed by atoms with Gasteiger partial charge in [-0.3, -0.25) is 9.59 Å². The lowest BCUT2D eigenvalue weighted by Crippen LogP contribution is -2.41. The fourth-order valence-corrected chi connectivity index (χ4v) is 4.29. The minimum Gasteiger partial charge on any atom is -0.351 e. The molecule has 0 spiro atoms. The van der Waals surface area contributed by atoms with Gasteiger partial charge in [-0.25, -0.2) is 8.42 Å². The predicted molar refractivity (Wildman–Crippen MR) is 101 cm³/mol. The van der Waals surface area contributed by atoms with Gasteiger partial charge < -0.3 is 16.4 Å². The van der Waals surface area contributed by atoms with Crippen molar-refractivity contribution in [3.05, 3.63) is 47.3 Å². The summed E-state index contributed by atoms with van der Waals surface area (Å²) in [5, 5.41) is 6.84. The van der Waals surface area contributed by atoms with E-state index < -0.39 is 22.0 Å². The molecular formula is C16H20N4O4S2. The number of carbonyl (C=O) groups is 2. The van der Waals surface area contributed by atoms with Crippen molar-refractivity contribution in [2.45, 2.75) is 17.2 Å². The highest BCUT2D eigenvalue weighted by atomic mass is 32.2. The van der Waals surface area contributed by atoms with Crippen LogP contribution in [0.3, 0.4) is 0 Å². The number of hydrogen-bond acceptors (Lipinski definition) is 6. The maximum Gasteiger partial charge on any atom is 0.253 e. The monoisotopic (exact) mass is 396 g/mol. The quantitative estimate of drug-likeness (QED) is 0.523. The predicted octanol–water partition coefficient (Wildman–Crippen LogP) is 0.742. The number of nitrogens with two attached hydrogens (primary N) is 1. The van der Waals surface area contributed by atoms with Crippen LogP contribution in [0.15, 0.2) is 46.0 Å². The molecule has 0 radical (unpaired) electrons. The van der Waals surface area contributed by atoms with Crippen LogP contribution in [0, 0.1) is 0 Å². The molecule has 2 rings (SSSR count). The average Bonchev–Trinajstić information content (AvgIpc) is 3.15. The van der Waals surface area contributed by atoms with Crippen molar-refractivity contribution in [2.75, 3.05) is 18.4 Å². The van der Waals surface area contributed by atoms with E-state index in [4.69, 9.17) is 5.73 Å². The van der Waals surface area contributed by atoms with Crippen LogP contribution in [0.4, 0.5) is 5.69 Å². The third-order valence-electron chi connectivity index (χ3n) is 3.34. The highest BCUT2D eigenvalue weighted by Crippen LogP contribution is 2.17. The van der Waals surface area contributed by atoms with E-state index in [1.807, 2.05) is 0 Å². The van der Waals surface area contributed by atoms with E-state index >= 15 is 0 Å². The molecular weight excluding hydrogens is 376 g/mol. The summed E-state index contributed by atoms with van der Waals surface area (Å²) >= 11 is 1.06. The number of benzene rings is 1. The number of thiophene rings is 1. The van der Waals surface area contributed by atoms with Gasteiger partial charge in [0.15, 0.2) is 0 Å². The Hall–Kier alpha value is -2.27. The molecule has 1 unspecified atom stereocenters. The molecule has 0 aliphatic heterocycles. The first-order valence-electron chi connectivity index (χ1n) is 7.79. The fourth-order valence-electron chi connectivity index (χ4n) is 2.07. The van der Waals surface area contributed by atoms with Crippen LogP contribution in [-0.4, -0.2) is 39.4 Å². The summed E-state index contributed by atoms with van der Waals surface area (Å²) in [6.07, 6.45) is 0.